The average Bonchev–Trinajstić information content (AvgIpc) is 2.86. The van der Waals surface area contributed by atoms with Crippen LogP contribution in [0.1, 0.15) is 57.3 Å². The number of ether oxygens (including phenoxy) is 1. The number of rotatable bonds is 4. The molecule has 1 aliphatic carbocycles. The Hall–Kier alpha value is -1.11. The zero-order valence-corrected chi connectivity index (χ0v) is 16.1. The van der Waals surface area contributed by atoms with Crippen LogP contribution in [0.4, 0.5) is 0 Å². The molecule has 1 aromatic heterocycles. The third kappa shape index (κ3) is 4.96. The molecule has 25 heavy (non-hydrogen) atoms. The molecule has 7 heteroatoms. The van der Waals surface area contributed by atoms with Gasteiger partial charge in [0.1, 0.15) is 18.0 Å². The van der Waals surface area contributed by atoms with E-state index in [-0.39, 0.29) is 36.6 Å². The maximum absolute atomic E-state index is 13.0. The summed E-state index contributed by atoms with van der Waals surface area (Å²) in [4.78, 5) is 19.4. The van der Waals surface area contributed by atoms with Gasteiger partial charge < -0.3 is 19.5 Å². The first kappa shape index (κ1) is 20.2. The molecule has 0 aromatic carbocycles. The second-order valence-electron chi connectivity index (χ2n) is 7.04. The quantitative estimate of drug-likeness (QED) is 0.827. The van der Waals surface area contributed by atoms with Crippen molar-refractivity contribution in [1.82, 2.24) is 19.8 Å². The largest absolute Gasteiger partial charge is 0.365 e. The van der Waals surface area contributed by atoms with Crippen LogP contribution in [0.3, 0.4) is 0 Å². The highest BCUT2D eigenvalue weighted by Gasteiger charge is 2.33. The molecule has 2 unspecified atom stereocenters. The van der Waals surface area contributed by atoms with E-state index in [1.54, 1.807) is 6.20 Å². The van der Waals surface area contributed by atoms with Crippen molar-refractivity contribution in [3.05, 3.63) is 18.2 Å². The molecule has 1 aromatic rings. The highest BCUT2D eigenvalue weighted by Crippen LogP contribution is 2.24. The van der Waals surface area contributed by atoms with Gasteiger partial charge in [-0.25, -0.2) is 4.98 Å². The Morgan fingerprint density at radius 3 is 2.68 bits per heavy atom. The molecule has 2 heterocycles. The summed E-state index contributed by atoms with van der Waals surface area (Å²) in [5.41, 5.74) is 0. The molecule has 0 bridgehead atoms. The molecule has 1 saturated heterocycles. The van der Waals surface area contributed by atoms with Crippen LogP contribution < -0.4 is 5.32 Å². The number of aromatic nitrogens is 2. The molecule has 3 rings (SSSR count). The fourth-order valence-corrected chi connectivity index (χ4v) is 3.86. The number of aryl methyl sites for hydroxylation is 1. The lowest BCUT2D eigenvalue weighted by Crippen LogP contribution is -2.52. The minimum Gasteiger partial charge on any atom is -0.365 e. The minimum atomic E-state index is -0.381. The molecule has 1 N–H and O–H groups in total. The van der Waals surface area contributed by atoms with E-state index in [2.05, 4.69) is 10.3 Å². The van der Waals surface area contributed by atoms with Gasteiger partial charge in [-0.1, -0.05) is 25.7 Å². The number of hydrogen-bond acceptors (Lipinski definition) is 4. The number of carbonyl (C=O) groups excluding carboxylic acids is 1. The lowest BCUT2D eigenvalue weighted by molar-refractivity contribution is -0.150. The zero-order chi connectivity index (χ0) is 16.9. The van der Waals surface area contributed by atoms with Gasteiger partial charge in [0.15, 0.2) is 0 Å². The molecule has 1 amide bonds. The summed E-state index contributed by atoms with van der Waals surface area (Å²) in [6.45, 7) is 4.18. The Labute approximate surface area is 156 Å². The summed E-state index contributed by atoms with van der Waals surface area (Å²) in [6, 6.07) is -0.0218. The van der Waals surface area contributed by atoms with Crippen molar-refractivity contribution in [1.29, 1.82) is 0 Å². The van der Waals surface area contributed by atoms with Gasteiger partial charge in [-0.3, -0.25) is 4.79 Å². The fraction of sp³-hybridized carbons (Fsp3) is 0.778. The van der Waals surface area contributed by atoms with E-state index in [0.717, 1.165) is 31.8 Å². The van der Waals surface area contributed by atoms with Gasteiger partial charge in [-0.15, -0.1) is 12.4 Å². The summed E-state index contributed by atoms with van der Waals surface area (Å²) < 4.78 is 8.14. The summed E-state index contributed by atoms with van der Waals surface area (Å²) in [5, 5.41) is 3.38. The van der Waals surface area contributed by atoms with Gasteiger partial charge in [0, 0.05) is 39.1 Å². The van der Waals surface area contributed by atoms with Crippen LogP contribution in [0.15, 0.2) is 12.4 Å². The third-order valence-corrected chi connectivity index (χ3v) is 5.23. The predicted octanol–water partition coefficient (Wildman–Crippen LogP) is 2.44. The van der Waals surface area contributed by atoms with Gasteiger partial charge in [-0.2, -0.15) is 0 Å². The van der Waals surface area contributed by atoms with E-state index in [9.17, 15) is 4.79 Å². The molecule has 0 spiro atoms. The normalized spacial score (nSPS) is 23.6. The summed E-state index contributed by atoms with van der Waals surface area (Å²) in [7, 11) is 1.98. The van der Waals surface area contributed by atoms with Gasteiger partial charge >= 0.3 is 0 Å². The van der Waals surface area contributed by atoms with Crippen LogP contribution in [-0.4, -0.2) is 52.2 Å². The van der Waals surface area contributed by atoms with Crippen LogP contribution in [0.25, 0.3) is 0 Å². The molecule has 2 fully saturated rings. The van der Waals surface area contributed by atoms with E-state index >= 15 is 0 Å². The molecule has 142 valence electrons. The second kappa shape index (κ2) is 9.55. The molecule has 6 nitrogen and oxygen atoms in total. The first-order chi connectivity index (χ1) is 11.7. The van der Waals surface area contributed by atoms with Crippen LogP contribution in [0.2, 0.25) is 0 Å². The number of amides is 1. The summed E-state index contributed by atoms with van der Waals surface area (Å²) in [6.07, 6.45) is 10.8. The Kier molecular flexibility index (Phi) is 7.72. The average molecular weight is 371 g/mol. The van der Waals surface area contributed by atoms with Crippen molar-refractivity contribution >= 4 is 18.3 Å². The van der Waals surface area contributed by atoms with Crippen molar-refractivity contribution in [3.63, 3.8) is 0 Å². The van der Waals surface area contributed by atoms with Gasteiger partial charge in [-0.05, 0) is 19.8 Å². The Bertz CT molecular complexity index is 543. The van der Waals surface area contributed by atoms with Crippen molar-refractivity contribution in [2.45, 2.75) is 63.7 Å². The van der Waals surface area contributed by atoms with Crippen molar-refractivity contribution in [3.8, 4) is 0 Å². The molecular formula is C18H31ClN4O2. The Morgan fingerprint density at radius 2 is 2.04 bits per heavy atom. The highest BCUT2D eigenvalue weighted by molar-refractivity contribution is 5.85. The van der Waals surface area contributed by atoms with E-state index in [0.29, 0.717) is 6.54 Å². The number of carbonyl (C=O) groups is 1. The highest BCUT2D eigenvalue weighted by atomic mass is 35.5. The Balaban J connectivity index is 0.00000225. The standard InChI is InChI=1S/C18H30N4O2.ClH/c1-14(24-15-7-5-3-4-6-8-15)18(23)22-12-9-19-13-16(22)17-20-10-11-21(17)2;/h10-11,14-16,19H,3-9,12-13H2,1-2H3;1H. The number of imidazole rings is 1. The summed E-state index contributed by atoms with van der Waals surface area (Å²) >= 11 is 0. The number of nitrogens with one attached hydrogen (secondary N) is 1. The molecule has 1 aliphatic heterocycles. The minimum absolute atomic E-state index is 0. The SMILES string of the molecule is CC(OC1CCCCCC1)C(=O)N1CCNCC1c1nccn1C.Cl. The smallest absolute Gasteiger partial charge is 0.252 e. The van der Waals surface area contributed by atoms with Gasteiger partial charge in [0.25, 0.3) is 5.91 Å². The second-order valence-corrected chi connectivity index (χ2v) is 7.04. The van der Waals surface area contributed by atoms with Crippen LogP contribution in [0.5, 0.6) is 0 Å². The van der Waals surface area contributed by atoms with E-state index in [4.69, 9.17) is 4.74 Å². The first-order valence-corrected chi connectivity index (χ1v) is 9.30. The molecule has 2 aliphatic rings. The van der Waals surface area contributed by atoms with E-state index in [1.807, 2.05) is 29.6 Å². The van der Waals surface area contributed by atoms with Crippen LogP contribution >= 0.6 is 12.4 Å². The summed E-state index contributed by atoms with van der Waals surface area (Å²) in [5.74, 6) is 1.02. The lowest BCUT2D eigenvalue weighted by Gasteiger charge is -2.37. The zero-order valence-electron chi connectivity index (χ0n) is 15.3. The van der Waals surface area contributed by atoms with E-state index in [1.165, 1.54) is 25.7 Å². The van der Waals surface area contributed by atoms with Crippen molar-refractivity contribution in [2.75, 3.05) is 19.6 Å². The third-order valence-electron chi connectivity index (χ3n) is 5.23. The first-order valence-electron chi connectivity index (χ1n) is 9.30. The molecular weight excluding hydrogens is 340 g/mol. The monoisotopic (exact) mass is 370 g/mol. The maximum atomic E-state index is 13.0. The van der Waals surface area contributed by atoms with Crippen molar-refractivity contribution < 1.29 is 9.53 Å². The Morgan fingerprint density at radius 1 is 1.32 bits per heavy atom. The molecule has 2 atom stereocenters. The predicted molar refractivity (Wildman–Crippen MR) is 99.8 cm³/mol. The van der Waals surface area contributed by atoms with Gasteiger partial charge in [0.2, 0.25) is 0 Å². The van der Waals surface area contributed by atoms with Gasteiger partial charge in [0.05, 0.1) is 6.10 Å². The number of piperazine rings is 1. The fourth-order valence-electron chi connectivity index (χ4n) is 3.86. The van der Waals surface area contributed by atoms with E-state index < -0.39 is 0 Å². The lowest BCUT2D eigenvalue weighted by atomic mass is 10.1. The maximum Gasteiger partial charge on any atom is 0.252 e. The number of halogens is 1. The van der Waals surface area contributed by atoms with Crippen LogP contribution in [-0.2, 0) is 16.6 Å². The molecule has 0 radical (unpaired) electrons. The number of hydrogen-bond donors (Lipinski definition) is 1. The topological polar surface area (TPSA) is 59.4 Å². The number of nitrogens with zero attached hydrogens (tertiary/aromatic N) is 3. The van der Waals surface area contributed by atoms with Crippen LogP contribution in [0, 0.1) is 0 Å². The molecule has 1 saturated carbocycles. The van der Waals surface area contributed by atoms with Crippen molar-refractivity contribution in [2.24, 2.45) is 7.05 Å².